The quantitative estimate of drug-likeness (QED) is 0.725. The van der Waals surface area contributed by atoms with Crippen LogP contribution in [0.5, 0.6) is 0 Å². The van der Waals surface area contributed by atoms with Crippen LogP contribution < -0.4 is 5.73 Å². The molecule has 1 aliphatic heterocycles. The topological polar surface area (TPSA) is 66.6 Å². The molecule has 2 fully saturated rings. The summed E-state index contributed by atoms with van der Waals surface area (Å²) in [6.45, 7) is 4.86. The van der Waals surface area contributed by atoms with Crippen molar-refractivity contribution in [2.75, 3.05) is 20.1 Å². The summed E-state index contributed by atoms with van der Waals surface area (Å²) in [5, 5.41) is 0. The zero-order valence-corrected chi connectivity index (χ0v) is 11.5. The van der Waals surface area contributed by atoms with Gasteiger partial charge in [0.2, 0.25) is 11.8 Å². The third-order valence-electron chi connectivity index (χ3n) is 4.36. The van der Waals surface area contributed by atoms with Gasteiger partial charge >= 0.3 is 0 Å². The molecule has 0 aromatic rings. The Hall–Kier alpha value is -1.10. The van der Waals surface area contributed by atoms with Crippen LogP contribution in [0.15, 0.2) is 0 Å². The Labute approximate surface area is 108 Å². The largest absolute Gasteiger partial charge is 0.342 e. The van der Waals surface area contributed by atoms with Crippen LogP contribution in [0.3, 0.4) is 0 Å². The Bertz CT molecular complexity index is 367. The molecule has 5 nitrogen and oxygen atoms in total. The van der Waals surface area contributed by atoms with Gasteiger partial charge in [-0.25, -0.2) is 0 Å². The molecule has 1 saturated carbocycles. The lowest BCUT2D eigenvalue weighted by atomic mass is 9.93. The number of nitrogens with two attached hydrogens (primary N) is 1. The van der Waals surface area contributed by atoms with Gasteiger partial charge in [0, 0.05) is 26.2 Å². The number of piperazine rings is 1. The smallest absolute Gasteiger partial charge is 0.247 e. The third-order valence-corrected chi connectivity index (χ3v) is 4.36. The summed E-state index contributed by atoms with van der Waals surface area (Å²) in [6, 6.07) is -0.0388. The highest BCUT2D eigenvalue weighted by Crippen LogP contribution is 2.30. The van der Waals surface area contributed by atoms with Gasteiger partial charge in [-0.05, 0) is 26.7 Å². The van der Waals surface area contributed by atoms with E-state index in [9.17, 15) is 9.59 Å². The van der Waals surface area contributed by atoms with Crippen LogP contribution in [-0.4, -0.2) is 53.3 Å². The van der Waals surface area contributed by atoms with Crippen LogP contribution in [0.2, 0.25) is 0 Å². The van der Waals surface area contributed by atoms with Gasteiger partial charge in [-0.3, -0.25) is 9.59 Å². The maximum atomic E-state index is 12.6. The van der Waals surface area contributed by atoms with Gasteiger partial charge < -0.3 is 15.5 Å². The number of hydrogen-bond acceptors (Lipinski definition) is 3. The van der Waals surface area contributed by atoms with E-state index in [2.05, 4.69) is 0 Å². The standard InChI is InChI=1S/C13H23N3O2/c1-13(2)12(18)15(3)7-8-16(13)11(17)9-5-4-6-10(9)14/h9-10H,4-8,14H2,1-3H3. The third kappa shape index (κ3) is 2.00. The highest BCUT2D eigenvalue weighted by molar-refractivity contribution is 5.92. The fourth-order valence-electron chi connectivity index (χ4n) is 3.09. The second kappa shape index (κ2) is 4.53. The zero-order valence-electron chi connectivity index (χ0n) is 11.5. The Morgan fingerprint density at radius 1 is 1.33 bits per heavy atom. The zero-order chi connectivity index (χ0) is 13.5. The molecule has 2 rings (SSSR count). The number of likely N-dealkylation sites (N-methyl/N-ethyl adjacent to an activating group) is 1. The molecule has 1 aliphatic carbocycles. The molecule has 18 heavy (non-hydrogen) atoms. The molecule has 0 radical (unpaired) electrons. The van der Waals surface area contributed by atoms with E-state index >= 15 is 0 Å². The van der Waals surface area contributed by atoms with Crippen molar-refractivity contribution in [3.05, 3.63) is 0 Å². The van der Waals surface area contributed by atoms with E-state index in [1.165, 1.54) is 0 Å². The maximum absolute atomic E-state index is 12.6. The fraction of sp³-hybridized carbons (Fsp3) is 0.846. The van der Waals surface area contributed by atoms with E-state index in [1.54, 1.807) is 16.8 Å². The van der Waals surface area contributed by atoms with Crippen molar-refractivity contribution >= 4 is 11.8 Å². The summed E-state index contributed by atoms with van der Waals surface area (Å²) in [5.41, 5.74) is 5.25. The van der Waals surface area contributed by atoms with E-state index in [0.29, 0.717) is 13.1 Å². The minimum atomic E-state index is -0.744. The summed E-state index contributed by atoms with van der Waals surface area (Å²) in [4.78, 5) is 28.1. The predicted octanol–water partition coefficient (Wildman–Crippen LogP) is 0.193. The average molecular weight is 253 g/mol. The first-order chi connectivity index (χ1) is 8.35. The lowest BCUT2D eigenvalue weighted by molar-refractivity contribution is -0.159. The second-order valence-corrected chi connectivity index (χ2v) is 5.98. The summed E-state index contributed by atoms with van der Waals surface area (Å²) in [5.74, 6) is -0.0272. The highest BCUT2D eigenvalue weighted by Gasteiger charge is 2.46. The van der Waals surface area contributed by atoms with E-state index in [1.807, 2.05) is 13.8 Å². The average Bonchev–Trinajstić information content (AvgIpc) is 2.72. The van der Waals surface area contributed by atoms with E-state index in [0.717, 1.165) is 19.3 Å². The van der Waals surface area contributed by atoms with Crippen LogP contribution in [-0.2, 0) is 9.59 Å². The number of nitrogens with zero attached hydrogens (tertiary/aromatic N) is 2. The number of rotatable bonds is 1. The summed E-state index contributed by atoms with van der Waals surface area (Å²) < 4.78 is 0. The van der Waals surface area contributed by atoms with Crippen molar-refractivity contribution in [2.24, 2.45) is 11.7 Å². The molecule has 2 atom stereocenters. The molecule has 2 unspecified atom stereocenters. The van der Waals surface area contributed by atoms with Gasteiger partial charge in [-0.15, -0.1) is 0 Å². The van der Waals surface area contributed by atoms with Crippen LogP contribution in [0.1, 0.15) is 33.1 Å². The monoisotopic (exact) mass is 253 g/mol. The number of carbonyl (C=O) groups excluding carboxylic acids is 2. The second-order valence-electron chi connectivity index (χ2n) is 5.98. The SMILES string of the molecule is CN1CCN(C(=O)C2CCCC2N)C(C)(C)C1=O. The van der Waals surface area contributed by atoms with Crippen molar-refractivity contribution in [3.8, 4) is 0 Å². The normalized spacial score (nSPS) is 31.9. The predicted molar refractivity (Wildman–Crippen MR) is 68.7 cm³/mol. The lowest BCUT2D eigenvalue weighted by Crippen LogP contribution is -2.65. The molecule has 0 aromatic carbocycles. The Kier molecular flexibility index (Phi) is 3.36. The van der Waals surface area contributed by atoms with Crippen LogP contribution in [0.4, 0.5) is 0 Å². The van der Waals surface area contributed by atoms with Crippen LogP contribution >= 0.6 is 0 Å². The molecule has 0 spiro atoms. The molecule has 0 aromatic heterocycles. The minimum absolute atomic E-state index is 0.00803. The van der Waals surface area contributed by atoms with Crippen LogP contribution in [0, 0.1) is 5.92 Å². The molecular formula is C13H23N3O2. The molecule has 0 bridgehead atoms. The molecule has 2 amide bonds. The van der Waals surface area contributed by atoms with E-state index in [-0.39, 0.29) is 23.8 Å². The molecule has 2 aliphatic rings. The first-order valence-corrected chi connectivity index (χ1v) is 6.68. The molecule has 2 N–H and O–H groups in total. The summed E-state index contributed by atoms with van der Waals surface area (Å²) >= 11 is 0. The van der Waals surface area contributed by atoms with Crippen LogP contribution in [0.25, 0.3) is 0 Å². The minimum Gasteiger partial charge on any atom is -0.342 e. The number of hydrogen-bond donors (Lipinski definition) is 1. The summed E-state index contributed by atoms with van der Waals surface area (Å²) in [7, 11) is 1.78. The molecule has 1 heterocycles. The van der Waals surface area contributed by atoms with E-state index in [4.69, 9.17) is 5.73 Å². The molecular weight excluding hydrogens is 230 g/mol. The fourth-order valence-corrected chi connectivity index (χ4v) is 3.09. The van der Waals surface area contributed by atoms with Gasteiger partial charge in [0.05, 0.1) is 5.92 Å². The van der Waals surface area contributed by atoms with Crippen molar-refractivity contribution in [3.63, 3.8) is 0 Å². The Morgan fingerprint density at radius 2 is 2.00 bits per heavy atom. The van der Waals surface area contributed by atoms with Gasteiger partial charge in [-0.1, -0.05) is 6.42 Å². The maximum Gasteiger partial charge on any atom is 0.247 e. The Morgan fingerprint density at radius 3 is 2.56 bits per heavy atom. The molecule has 5 heteroatoms. The van der Waals surface area contributed by atoms with Crippen molar-refractivity contribution < 1.29 is 9.59 Å². The molecule has 1 saturated heterocycles. The lowest BCUT2D eigenvalue weighted by Gasteiger charge is -2.46. The van der Waals surface area contributed by atoms with Gasteiger partial charge in [-0.2, -0.15) is 0 Å². The van der Waals surface area contributed by atoms with Gasteiger partial charge in [0.25, 0.3) is 0 Å². The van der Waals surface area contributed by atoms with Crippen molar-refractivity contribution in [1.82, 2.24) is 9.80 Å². The molecule has 102 valence electrons. The van der Waals surface area contributed by atoms with E-state index < -0.39 is 5.54 Å². The first-order valence-electron chi connectivity index (χ1n) is 6.68. The van der Waals surface area contributed by atoms with Crippen molar-refractivity contribution in [2.45, 2.75) is 44.7 Å². The highest BCUT2D eigenvalue weighted by atomic mass is 16.2. The Balaban J connectivity index is 2.17. The number of amides is 2. The first kappa shape index (κ1) is 13.3. The summed E-state index contributed by atoms with van der Waals surface area (Å²) in [6.07, 6.45) is 2.79. The van der Waals surface area contributed by atoms with Gasteiger partial charge in [0.15, 0.2) is 0 Å². The van der Waals surface area contributed by atoms with Gasteiger partial charge in [0.1, 0.15) is 5.54 Å². The number of carbonyl (C=O) groups is 2. The van der Waals surface area contributed by atoms with Crippen molar-refractivity contribution in [1.29, 1.82) is 0 Å².